The lowest BCUT2D eigenvalue weighted by molar-refractivity contribution is -0.123. The summed E-state index contributed by atoms with van der Waals surface area (Å²) in [5.41, 5.74) is 1.59. The molecule has 2 N–H and O–H groups in total. The lowest BCUT2D eigenvalue weighted by Crippen LogP contribution is -2.42. The molecule has 3 rings (SSSR count). The molecule has 2 aromatic heterocycles. The highest BCUT2D eigenvalue weighted by atomic mass is 16.2. The van der Waals surface area contributed by atoms with Gasteiger partial charge in [0.15, 0.2) is 0 Å². The van der Waals surface area contributed by atoms with E-state index in [1.54, 1.807) is 12.4 Å². The fourth-order valence-corrected chi connectivity index (χ4v) is 2.54. The summed E-state index contributed by atoms with van der Waals surface area (Å²) in [6.07, 6.45) is 5.37. The predicted molar refractivity (Wildman–Crippen MR) is 79.5 cm³/mol. The molecule has 0 aromatic carbocycles. The zero-order valence-electron chi connectivity index (χ0n) is 11.7. The number of aromatic nitrogens is 2. The first-order chi connectivity index (χ1) is 10.3. The first-order valence-electron chi connectivity index (χ1n) is 7.20. The van der Waals surface area contributed by atoms with Crippen LogP contribution in [0.2, 0.25) is 0 Å². The number of rotatable bonds is 4. The highest BCUT2D eigenvalue weighted by Crippen LogP contribution is 2.18. The van der Waals surface area contributed by atoms with Crippen LogP contribution >= 0.6 is 0 Å². The van der Waals surface area contributed by atoms with Gasteiger partial charge in [0.1, 0.15) is 6.04 Å². The molecule has 0 radical (unpaired) electrons. The van der Waals surface area contributed by atoms with Crippen molar-refractivity contribution < 1.29 is 4.79 Å². The van der Waals surface area contributed by atoms with Gasteiger partial charge in [-0.25, -0.2) is 0 Å². The molecule has 3 heterocycles. The minimum Gasteiger partial charge on any atom is -0.341 e. The maximum atomic E-state index is 12.4. The van der Waals surface area contributed by atoms with E-state index in [0.717, 1.165) is 30.8 Å². The number of amides is 1. The second-order valence-electron chi connectivity index (χ2n) is 5.10. The van der Waals surface area contributed by atoms with Gasteiger partial charge in [-0.05, 0) is 43.7 Å². The summed E-state index contributed by atoms with van der Waals surface area (Å²) < 4.78 is 0. The van der Waals surface area contributed by atoms with Gasteiger partial charge in [0, 0.05) is 12.4 Å². The van der Waals surface area contributed by atoms with Crippen LogP contribution in [0, 0.1) is 0 Å². The highest BCUT2D eigenvalue weighted by molar-refractivity contribution is 5.82. The number of carbonyl (C=O) groups excluding carboxylic acids is 1. The Bertz CT molecular complexity index is 542. The molecule has 2 aromatic rings. The molecule has 0 aliphatic carbocycles. The van der Waals surface area contributed by atoms with Gasteiger partial charge in [-0.15, -0.1) is 0 Å². The Morgan fingerprint density at radius 1 is 1.14 bits per heavy atom. The van der Waals surface area contributed by atoms with E-state index in [4.69, 9.17) is 0 Å². The van der Waals surface area contributed by atoms with Crippen molar-refractivity contribution in [2.75, 3.05) is 6.54 Å². The highest BCUT2D eigenvalue weighted by Gasteiger charge is 2.26. The quantitative estimate of drug-likeness (QED) is 0.890. The van der Waals surface area contributed by atoms with Crippen LogP contribution < -0.4 is 10.6 Å². The van der Waals surface area contributed by atoms with E-state index < -0.39 is 0 Å². The third kappa shape index (κ3) is 3.25. The average molecular weight is 282 g/mol. The summed E-state index contributed by atoms with van der Waals surface area (Å²) in [6, 6.07) is 10.9. The van der Waals surface area contributed by atoms with Crippen LogP contribution in [0.4, 0.5) is 0 Å². The first kappa shape index (κ1) is 13.7. The van der Waals surface area contributed by atoms with Crippen LogP contribution in [-0.4, -0.2) is 28.5 Å². The largest absolute Gasteiger partial charge is 0.341 e. The van der Waals surface area contributed by atoms with E-state index in [0.29, 0.717) is 0 Å². The molecule has 1 atom stereocenters. The Balaban J connectivity index is 1.84. The topological polar surface area (TPSA) is 66.9 Å². The molecule has 1 unspecified atom stereocenters. The Morgan fingerprint density at radius 3 is 2.29 bits per heavy atom. The minimum absolute atomic E-state index is 0.00815. The lowest BCUT2D eigenvalue weighted by atomic mass is 10.1. The maximum Gasteiger partial charge on any atom is 0.237 e. The third-order valence-electron chi connectivity index (χ3n) is 3.63. The molecule has 21 heavy (non-hydrogen) atoms. The fraction of sp³-hybridized carbons (Fsp3) is 0.312. The third-order valence-corrected chi connectivity index (χ3v) is 3.63. The van der Waals surface area contributed by atoms with E-state index in [1.807, 2.05) is 36.4 Å². The zero-order chi connectivity index (χ0) is 14.5. The average Bonchev–Trinajstić information content (AvgIpc) is 3.09. The van der Waals surface area contributed by atoms with Gasteiger partial charge in [0.2, 0.25) is 5.91 Å². The number of nitrogens with one attached hydrogen (secondary N) is 2. The van der Waals surface area contributed by atoms with E-state index >= 15 is 0 Å². The second kappa shape index (κ2) is 6.45. The first-order valence-corrected chi connectivity index (χ1v) is 7.20. The van der Waals surface area contributed by atoms with Gasteiger partial charge >= 0.3 is 0 Å². The summed E-state index contributed by atoms with van der Waals surface area (Å²) in [6.45, 7) is 0.899. The molecule has 1 aliphatic heterocycles. The SMILES string of the molecule is O=C(NC(c1ccccn1)c1ccccn1)C1CCCN1. The van der Waals surface area contributed by atoms with Crippen LogP contribution in [0.5, 0.6) is 0 Å². The molecule has 108 valence electrons. The molecule has 1 fully saturated rings. The van der Waals surface area contributed by atoms with E-state index in [1.165, 1.54) is 0 Å². The van der Waals surface area contributed by atoms with Crippen molar-refractivity contribution in [1.82, 2.24) is 20.6 Å². The lowest BCUT2D eigenvalue weighted by Gasteiger charge is -2.20. The number of pyridine rings is 2. The van der Waals surface area contributed by atoms with Gasteiger partial charge in [0.05, 0.1) is 17.4 Å². The smallest absolute Gasteiger partial charge is 0.237 e. The number of carbonyl (C=O) groups is 1. The number of nitrogens with zero attached hydrogens (tertiary/aromatic N) is 2. The maximum absolute atomic E-state index is 12.4. The van der Waals surface area contributed by atoms with Gasteiger partial charge in [-0.1, -0.05) is 12.1 Å². The van der Waals surface area contributed by atoms with Crippen LogP contribution in [0.15, 0.2) is 48.8 Å². The monoisotopic (exact) mass is 282 g/mol. The summed E-state index contributed by atoms with van der Waals surface area (Å²) in [7, 11) is 0. The van der Waals surface area contributed by atoms with E-state index in [2.05, 4.69) is 20.6 Å². The van der Waals surface area contributed by atoms with Crippen molar-refractivity contribution in [3.8, 4) is 0 Å². The van der Waals surface area contributed by atoms with Crippen molar-refractivity contribution in [2.24, 2.45) is 0 Å². The minimum atomic E-state index is -0.317. The van der Waals surface area contributed by atoms with Crippen LogP contribution in [-0.2, 0) is 4.79 Å². The van der Waals surface area contributed by atoms with Gasteiger partial charge in [0.25, 0.3) is 0 Å². The molecular formula is C16H18N4O. The van der Waals surface area contributed by atoms with Gasteiger partial charge in [-0.2, -0.15) is 0 Å². The van der Waals surface area contributed by atoms with Crippen molar-refractivity contribution >= 4 is 5.91 Å². The Hall–Kier alpha value is -2.27. The molecule has 1 amide bonds. The zero-order valence-corrected chi connectivity index (χ0v) is 11.7. The molecule has 0 bridgehead atoms. The van der Waals surface area contributed by atoms with Gasteiger partial charge in [-0.3, -0.25) is 14.8 Å². The molecule has 1 aliphatic rings. The molecule has 0 spiro atoms. The van der Waals surface area contributed by atoms with E-state index in [-0.39, 0.29) is 18.0 Å². The Labute approximate surface area is 123 Å². The normalized spacial score (nSPS) is 17.9. The number of hydrogen-bond acceptors (Lipinski definition) is 4. The second-order valence-corrected chi connectivity index (χ2v) is 5.10. The van der Waals surface area contributed by atoms with Gasteiger partial charge < -0.3 is 10.6 Å². The summed E-state index contributed by atoms with van der Waals surface area (Å²) >= 11 is 0. The predicted octanol–water partition coefficient (Wildman–Crippen LogP) is 1.43. The van der Waals surface area contributed by atoms with Crippen LogP contribution in [0.25, 0.3) is 0 Å². The van der Waals surface area contributed by atoms with E-state index in [9.17, 15) is 4.79 Å². The molecular weight excluding hydrogens is 264 g/mol. The standard InChI is InChI=1S/C16H18N4O/c21-16(14-8-5-11-19-14)20-15(12-6-1-3-9-17-12)13-7-2-4-10-18-13/h1-4,6-7,9-10,14-15,19H,5,8,11H2,(H,20,21). The van der Waals surface area contributed by atoms with Crippen LogP contribution in [0.3, 0.4) is 0 Å². The molecule has 5 heteroatoms. The number of hydrogen-bond donors (Lipinski definition) is 2. The molecule has 5 nitrogen and oxygen atoms in total. The Morgan fingerprint density at radius 2 is 1.81 bits per heavy atom. The van der Waals surface area contributed by atoms with Crippen molar-refractivity contribution in [3.05, 3.63) is 60.2 Å². The Kier molecular flexibility index (Phi) is 4.21. The summed E-state index contributed by atoms with van der Waals surface area (Å²) in [5.74, 6) is 0.00815. The molecule has 1 saturated heterocycles. The molecule has 0 saturated carbocycles. The summed E-state index contributed by atoms with van der Waals surface area (Å²) in [5, 5.41) is 6.28. The van der Waals surface area contributed by atoms with Crippen molar-refractivity contribution in [2.45, 2.75) is 24.9 Å². The van der Waals surface area contributed by atoms with Crippen molar-refractivity contribution in [1.29, 1.82) is 0 Å². The fourth-order valence-electron chi connectivity index (χ4n) is 2.54. The van der Waals surface area contributed by atoms with Crippen LogP contribution in [0.1, 0.15) is 30.3 Å². The summed E-state index contributed by atoms with van der Waals surface area (Å²) in [4.78, 5) is 21.1. The van der Waals surface area contributed by atoms with Crippen molar-refractivity contribution in [3.63, 3.8) is 0 Å².